The van der Waals surface area contributed by atoms with Gasteiger partial charge in [0.25, 0.3) is 5.91 Å². The van der Waals surface area contributed by atoms with Gasteiger partial charge in [0, 0.05) is 11.6 Å². The number of aromatic amines is 1. The summed E-state index contributed by atoms with van der Waals surface area (Å²) < 4.78 is 13.0. The van der Waals surface area contributed by atoms with Crippen LogP contribution in [0.3, 0.4) is 0 Å². The molecular weight excluding hydrogens is 281 g/mol. The number of halogens is 1. The molecule has 1 amide bonds. The number of nitrogens with zero attached hydrogens (tertiary/aromatic N) is 2. The lowest BCUT2D eigenvalue weighted by molar-refractivity contribution is 0.0683. The maximum absolute atomic E-state index is 13.0. The average Bonchev–Trinajstić information content (AvgIpc) is 3.11. The topological polar surface area (TPSA) is 49.0 Å². The van der Waals surface area contributed by atoms with E-state index >= 15 is 0 Å². The van der Waals surface area contributed by atoms with Crippen LogP contribution in [0.1, 0.15) is 29.8 Å². The van der Waals surface area contributed by atoms with E-state index in [1.807, 2.05) is 4.90 Å². The van der Waals surface area contributed by atoms with Crippen LogP contribution in [-0.2, 0) is 0 Å². The minimum absolute atomic E-state index is 0.00212. The molecule has 2 aliphatic rings. The highest BCUT2D eigenvalue weighted by atomic mass is 19.1. The molecule has 2 aliphatic heterocycles. The van der Waals surface area contributed by atoms with Crippen LogP contribution in [0, 0.1) is 5.82 Å². The smallest absolute Gasteiger partial charge is 0.272 e. The number of hydrogen-bond acceptors (Lipinski definition) is 2. The molecular formula is C17H16FN3O. The van der Waals surface area contributed by atoms with E-state index in [1.54, 1.807) is 18.2 Å². The molecule has 1 aromatic heterocycles. The molecule has 3 heterocycles. The highest BCUT2D eigenvalue weighted by Gasteiger charge is 2.38. The van der Waals surface area contributed by atoms with E-state index in [4.69, 9.17) is 0 Å². The van der Waals surface area contributed by atoms with Gasteiger partial charge in [-0.05, 0) is 49.6 Å². The van der Waals surface area contributed by atoms with Crippen molar-refractivity contribution in [3.63, 3.8) is 0 Å². The fourth-order valence-electron chi connectivity index (χ4n) is 3.38. The summed E-state index contributed by atoms with van der Waals surface area (Å²) in [6.07, 6.45) is 7.32. The molecule has 1 saturated heterocycles. The van der Waals surface area contributed by atoms with Crippen molar-refractivity contribution in [2.45, 2.75) is 31.3 Å². The lowest BCUT2D eigenvalue weighted by atomic mass is 10.1. The minimum Gasteiger partial charge on any atom is -0.328 e. The summed E-state index contributed by atoms with van der Waals surface area (Å²) in [6.45, 7) is 0. The molecule has 1 aromatic carbocycles. The third kappa shape index (κ3) is 2.13. The molecule has 4 nitrogen and oxygen atoms in total. The lowest BCUT2D eigenvalue weighted by Gasteiger charge is -2.30. The summed E-state index contributed by atoms with van der Waals surface area (Å²) in [4.78, 5) is 14.7. The van der Waals surface area contributed by atoms with Gasteiger partial charge in [-0.25, -0.2) is 4.39 Å². The molecule has 22 heavy (non-hydrogen) atoms. The Kier molecular flexibility index (Phi) is 3.06. The molecule has 0 radical (unpaired) electrons. The van der Waals surface area contributed by atoms with Crippen LogP contribution in [0.2, 0.25) is 0 Å². The molecule has 2 unspecified atom stereocenters. The van der Waals surface area contributed by atoms with Gasteiger partial charge >= 0.3 is 0 Å². The Morgan fingerprint density at radius 2 is 2.09 bits per heavy atom. The minimum atomic E-state index is -0.285. The van der Waals surface area contributed by atoms with Crippen LogP contribution >= 0.6 is 0 Å². The fraction of sp³-hybridized carbons (Fsp3) is 0.294. The first-order chi connectivity index (χ1) is 10.7. The van der Waals surface area contributed by atoms with E-state index in [2.05, 4.69) is 22.3 Å². The van der Waals surface area contributed by atoms with Crippen LogP contribution in [-0.4, -0.2) is 33.1 Å². The Morgan fingerprint density at radius 1 is 1.27 bits per heavy atom. The Morgan fingerprint density at radius 3 is 2.86 bits per heavy atom. The predicted molar refractivity (Wildman–Crippen MR) is 80.7 cm³/mol. The number of nitrogens with one attached hydrogen (secondary N) is 1. The Hall–Kier alpha value is -2.43. The van der Waals surface area contributed by atoms with E-state index in [0.717, 1.165) is 24.8 Å². The van der Waals surface area contributed by atoms with Crippen molar-refractivity contribution in [2.24, 2.45) is 0 Å². The van der Waals surface area contributed by atoms with Crippen LogP contribution < -0.4 is 0 Å². The van der Waals surface area contributed by atoms with Gasteiger partial charge in [0.05, 0.1) is 11.7 Å². The van der Waals surface area contributed by atoms with Crippen molar-refractivity contribution in [3.8, 4) is 11.3 Å². The summed E-state index contributed by atoms with van der Waals surface area (Å²) >= 11 is 0. The number of fused-ring (bicyclic) bond motifs is 2. The Labute approximate surface area is 127 Å². The molecule has 4 rings (SSSR count). The molecule has 0 spiro atoms. The monoisotopic (exact) mass is 297 g/mol. The van der Waals surface area contributed by atoms with Crippen LogP contribution in [0.15, 0.2) is 42.5 Å². The summed E-state index contributed by atoms with van der Waals surface area (Å²) in [7, 11) is 0. The summed E-state index contributed by atoms with van der Waals surface area (Å²) in [6, 6.07) is 8.36. The number of aromatic nitrogens is 2. The lowest BCUT2D eigenvalue weighted by Crippen LogP contribution is -2.42. The molecule has 1 N–H and O–H groups in total. The van der Waals surface area contributed by atoms with E-state index in [-0.39, 0.29) is 17.8 Å². The molecule has 112 valence electrons. The molecule has 2 bridgehead atoms. The average molecular weight is 297 g/mol. The fourth-order valence-corrected chi connectivity index (χ4v) is 3.38. The number of carbonyl (C=O) groups excluding carboxylic acids is 1. The van der Waals surface area contributed by atoms with E-state index < -0.39 is 0 Å². The number of rotatable bonds is 2. The normalized spacial score (nSPS) is 23.0. The first-order valence-corrected chi connectivity index (χ1v) is 7.53. The molecule has 2 atom stereocenters. The molecule has 0 aliphatic carbocycles. The van der Waals surface area contributed by atoms with Gasteiger partial charge < -0.3 is 4.90 Å². The molecule has 5 heteroatoms. The number of carbonyl (C=O) groups is 1. The SMILES string of the molecule is O=C(c1cc(-c2ccc(F)cc2)n[nH]1)N1C2C=CCC1CC2. The zero-order valence-electron chi connectivity index (χ0n) is 12.0. The number of benzene rings is 1. The third-order valence-corrected chi connectivity index (χ3v) is 4.50. The van der Waals surface area contributed by atoms with Gasteiger partial charge in [0.15, 0.2) is 0 Å². The van der Waals surface area contributed by atoms with Gasteiger partial charge in [-0.3, -0.25) is 9.89 Å². The zero-order valence-corrected chi connectivity index (χ0v) is 12.0. The number of H-pyrrole nitrogens is 1. The predicted octanol–water partition coefficient (Wildman–Crippen LogP) is 3.15. The van der Waals surface area contributed by atoms with Crippen LogP contribution in [0.4, 0.5) is 4.39 Å². The summed E-state index contributed by atoms with van der Waals surface area (Å²) in [5, 5.41) is 7.02. The van der Waals surface area contributed by atoms with Gasteiger partial charge in [-0.1, -0.05) is 12.2 Å². The van der Waals surface area contributed by atoms with E-state index in [0.29, 0.717) is 17.4 Å². The van der Waals surface area contributed by atoms with Crippen molar-refractivity contribution in [1.29, 1.82) is 0 Å². The molecule has 2 aromatic rings. The summed E-state index contributed by atoms with van der Waals surface area (Å²) in [5.41, 5.74) is 1.94. The van der Waals surface area contributed by atoms with Gasteiger partial charge in [0.2, 0.25) is 0 Å². The maximum atomic E-state index is 13.0. The second-order valence-corrected chi connectivity index (χ2v) is 5.85. The van der Waals surface area contributed by atoms with Gasteiger partial charge in [0.1, 0.15) is 11.5 Å². The molecule has 1 fully saturated rings. The van der Waals surface area contributed by atoms with Crippen molar-refractivity contribution in [2.75, 3.05) is 0 Å². The first kappa shape index (κ1) is 13.2. The highest BCUT2D eigenvalue weighted by molar-refractivity contribution is 5.94. The van der Waals surface area contributed by atoms with Crippen LogP contribution in [0.5, 0.6) is 0 Å². The van der Waals surface area contributed by atoms with Gasteiger partial charge in [-0.15, -0.1) is 0 Å². The standard InChI is InChI=1S/C17H16FN3O/c18-12-6-4-11(5-7-12)15-10-16(20-19-15)17(22)21-13-2-1-3-14(21)9-8-13/h1-2,4-7,10,13-14H,3,8-9H2,(H,19,20). The van der Waals surface area contributed by atoms with Crippen molar-refractivity contribution in [1.82, 2.24) is 15.1 Å². The Bertz CT molecular complexity index is 735. The largest absolute Gasteiger partial charge is 0.328 e. The van der Waals surface area contributed by atoms with E-state index in [9.17, 15) is 9.18 Å². The van der Waals surface area contributed by atoms with Crippen molar-refractivity contribution < 1.29 is 9.18 Å². The quantitative estimate of drug-likeness (QED) is 0.866. The van der Waals surface area contributed by atoms with Gasteiger partial charge in [-0.2, -0.15) is 5.10 Å². The summed E-state index contributed by atoms with van der Waals surface area (Å²) in [5.74, 6) is -0.287. The second-order valence-electron chi connectivity index (χ2n) is 5.85. The maximum Gasteiger partial charge on any atom is 0.272 e. The third-order valence-electron chi connectivity index (χ3n) is 4.50. The van der Waals surface area contributed by atoms with Crippen LogP contribution in [0.25, 0.3) is 11.3 Å². The number of amides is 1. The van der Waals surface area contributed by atoms with Crippen molar-refractivity contribution >= 4 is 5.91 Å². The first-order valence-electron chi connectivity index (χ1n) is 7.53. The molecule has 0 saturated carbocycles. The second kappa shape index (κ2) is 5.09. The Balaban J connectivity index is 1.60. The number of hydrogen-bond donors (Lipinski definition) is 1. The van der Waals surface area contributed by atoms with E-state index in [1.165, 1.54) is 12.1 Å². The van der Waals surface area contributed by atoms with Crippen molar-refractivity contribution in [3.05, 3.63) is 54.0 Å². The zero-order chi connectivity index (χ0) is 15.1. The highest BCUT2D eigenvalue weighted by Crippen LogP contribution is 2.32.